The van der Waals surface area contributed by atoms with Crippen LogP contribution in [0.25, 0.3) is 10.9 Å². The van der Waals surface area contributed by atoms with Crippen molar-refractivity contribution < 1.29 is 14.0 Å². The summed E-state index contributed by atoms with van der Waals surface area (Å²) in [5.74, 6) is -0.884. The Bertz CT molecular complexity index is 994. The molecule has 0 saturated heterocycles. The molecule has 0 atom stereocenters. The number of para-hydroxylation sites is 1. The molecule has 0 aliphatic heterocycles. The number of halogens is 1. The number of carbonyl (C=O) groups excluding carboxylic acids is 2. The molecule has 0 bridgehead atoms. The fourth-order valence-corrected chi connectivity index (χ4v) is 3.02. The number of aryl methyl sites for hydroxylation is 2. The van der Waals surface area contributed by atoms with Gasteiger partial charge in [0.25, 0.3) is 5.91 Å². The van der Waals surface area contributed by atoms with E-state index in [1.165, 1.54) is 6.07 Å². The van der Waals surface area contributed by atoms with Crippen LogP contribution >= 0.6 is 0 Å². The van der Waals surface area contributed by atoms with Gasteiger partial charge in [0.15, 0.2) is 0 Å². The molecule has 2 N–H and O–H groups in total. The predicted octanol–water partition coefficient (Wildman–Crippen LogP) is 2.71. The Morgan fingerprint density at radius 2 is 1.81 bits per heavy atom. The van der Waals surface area contributed by atoms with Crippen LogP contribution in [-0.2, 0) is 18.3 Å². The Hall–Kier alpha value is -3.15. The number of amides is 2. The molecule has 0 spiro atoms. The van der Waals surface area contributed by atoms with Gasteiger partial charge in [0.05, 0.1) is 6.42 Å². The molecule has 3 aromatic rings. The fourth-order valence-electron chi connectivity index (χ4n) is 3.02. The van der Waals surface area contributed by atoms with Crippen LogP contribution in [0.4, 0.5) is 4.39 Å². The first-order valence-corrected chi connectivity index (χ1v) is 8.79. The summed E-state index contributed by atoms with van der Waals surface area (Å²) in [6.45, 7) is 2.22. The number of hydrogen-bond donors (Lipinski definition) is 2. The molecular formula is C21H22FN3O2. The minimum absolute atomic E-state index is 0.109. The summed E-state index contributed by atoms with van der Waals surface area (Å²) >= 11 is 0. The molecule has 1 heterocycles. The van der Waals surface area contributed by atoms with Gasteiger partial charge in [-0.3, -0.25) is 9.59 Å². The zero-order valence-electron chi connectivity index (χ0n) is 15.4. The van der Waals surface area contributed by atoms with E-state index in [2.05, 4.69) is 10.6 Å². The zero-order valence-corrected chi connectivity index (χ0v) is 15.4. The molecule has 0 aliphatic rings. The van der Waals surface area contributed by atoms with Crippen LogP contribution in [0, 0.1) is 12.7 Å². The maximum absolute atomic E-state index is 13.5. The van der Waals surface area contributed by atoms with Crippen LogP contribution in [0.15, 0.2) is 48.7 Å². The number of benzene rings is 2. The molecule has 0 unspecified atom stereocenters. The standard InChI is InChI=1S/C21H22FN3O2/c1-14-7-8-15(11-18(14)22)21(27)24-10-9-23-20(26)12-16-13-25(2)19-6-4-3-5-17(16)19/h3-8,11,13H,9-10,12H2,1-2H3,(H,23,26)(H,24,27). The van der Waals surface area contributed by atoms with Gasteiger partial charge < -0.3 is 15.2 Å². The summed E-state index contributed by atoms with van der Waals surface area (Å²) in [7, 11) is 1.95. The SMILES string of the molecule is Cc1ccc(C(=O)NCCNC(=O)Cc2cn(C)c3ccccc23)cc1F. The number of carbonyl (C=O) groups is 2. The molecular weight excluding hydrogens is 345 g/mol. The topological polar surface area (TPSA) is 63.1 Å². The van der Waals surface area contributed by atoms with E-state index in [4.69, 9.17) is 0 Å². The fraction of sp³-hybridized carbons (Fsp3) is 0.238. The summed E-state index contributed by atoms with van der Waals surface area (Å²) in [5, 5.41) is 6.53. The summed E-state index contributed by atoms with van der Waals surface area (Å²) in [6.07, 6.45) is 2.23. The second-order valence-electron chi connectivity index (χ2n) is 6.53. The van der Waals surface area contributed by atoms with Crippen molar-refractivity contribution in [2.75, 3.05) is 13.1 Å². The lowest BCUT2D eigenvalue weighted by Crippen LogP contribution is -2.35. The van der Waals surface area contributed by atoms with Gasteiger partial charge >= 0.3 is 0 Å². The van der Waals surface area contributed by atoms with Crippen LogP contribution in [0.5, 0.6) is 0 Å². The summed E-state index contributed by atoms with van der Waals surface area (Å²) < 4.78 is 15.5. The van der Waals surface area contributed by atoms with Crippen molar-refractivity contribution >= 4 is 22.7 Å². The van der Waals surface area contributed by atoms with E-state index in [-0.39, 0.29) is 30.3 Å². The molecule has 3 rings (SSSR count). The van der Waals surface area contributed by atoms with Crippen LogP contribution in [0.2, 0.25) is 0 Å². The highest BCUT2D eigenvalue weighted by molar-refractivity contribution is 5.94. The molecule has 1 aromatic heterocycles. The largest absolute Gasteiger partial charge is 0.354 e. The lowest BCUT2D eigenvalue weighted by molar-refractivity contribution is -0.120. The first-order chi connectivity index (χ1) is 13.0. The molecule has 2 aromatic carbocycles. The molecule has 0 fully saturated rings. The van der Waals surface area contributed by atoms with E-state index in [0.29, 0.717) is 12.1 Å². The van der Waals surface area contributed by atoms with E-state index in [9.17, 15) is 14.0 Å². The van der Waals surface area contributed by atoms with Gasteiger partial charge in [0, 0.05) is 42.8 Å². The van der Waals surface area contributed by atoms with Gasteiger partial charge in [-0.2, -0.15) is 0 Å². The molecule has 0 aliphatic carbocycles. The van der Waals surface area contributed by atoms with Crippen molar-refractivity contribution in [1.82, 2.24) is 15.2 Å². The maximum atomic E-state index is 13.5. The third-order valence-electron chi connectivity index (χ3n) is 4.50. The molecule has 0 radical (unpaired) electrons. The first-order valence-electron chi connectivity index (χ1n) is 8.79. The Labute approximate surface area is 157 Å². The summed E-state index contributed by atoms with van der Waals surface area (Å²) in [6, 6.07) is 12.3. The second kappa shape index (κ2) is 8.03. The van der Waals surface area contributed by atoms with Crippen LogP contribution in [-0.4, -0.2) is 29.5 Å². The smallest absolute Gasteiger partial charge is 0.251 e. The van der Waals surface area contributed by atoms with E-state index >= 15 is 0 Å². The van der Waals surface area contributed by atoms with Crippen LogP contribution < -0.4 is 10.6 Å². The number of nitrogens with one attached hydrogen (secondary N) is 2. The number of rotatable bonds is 6. The van der Waals surface area contributed by atoms with E-state index in [1.807, 2.05) is 42.1 Å². The van der Waals surface area contributed by atoms with Crippen LogP contribution in [0.3, 0.4) is 0 Å². The molecule has 5 nitrogen and oxygen atoms in total. The van der Waals surface area contributed by atoms with E-state index in [1.54, 1.807) is 19.1 Å². The van der Waals surface area contributed by atoms with Gasteiger partial charge in [-0.25, -0.2) is 4.39 Å². The highest BCUT2D eigenvalue weighted by atomic mass is 19.1. The van der Waals surface area contributed by atoms with Crippen molar-refractivity contribution in [2.24, 2.45) is 7.05 Å². The summed E-state index contributed by atoms with van der Waals surface area (Å²) in [5.41, 5.74) is 2.80. The van der Waals surface area contributed by atoms with Gasteiger partial charge in [-0.05, 0) is 36.2 Å². The highest BCUT2D eigenvalue weighted by Gasteiger charge is 2.11. The molecule has 6 heteroatoms. The van der Waals surface area contributed by atoms with Crippen molar-refractivity contribution in [3.8, 4) is 0 Å². The van der Waals surface area contributed by atoms with Crippen molar-refractivity contribution in [1.29, 1.82) is 0 Å². The van der Waals surface area contributed by atoms with Crippen LogP contribution in [0.1, 0.15) is 21.5 Å². The lowest BCUT2D eigenvalue weighted by atomic mass is 10.1. The van der Waals surface area contributed by atoms with E-state index < -0.39 is 5.82 Å². The average Bonchev–Trinajstić information content (AvgIpc) is 2.97. The monoisotopic (exact) mass is 367 g/mol. The lowest BCUT2D eigenvalue weighted by Gasteiger charge is -2.08. The van der Waals surface area contributed by atoms with Gasteiger partial charge in [0.2, 0.25) is 5.91 Å². The second-order valence-corrected chi connectivity index (χ2v) is 6.53. The number of aromatic nitrogens is 1. The van der Waals surface area contributed by atoms with Crippen molar-refractivity contribution in [3.05, 3.63) is 71.2 Å². The molecule has 0 saturated carbocycles. The number of hydrogen-bond acceptors (Lipinski definition) is 2. The zero-order chi connectivity index (χ0) is 19.4. The number of nitrogens with zero attached hydrogens (tertiary/aromatic N) is 1. The number of fused-ring (bicyclic) bond motifs is 1. The minimum atomic E-state index is -0.411. The van der Waals surface area contributed by atoms with Gasteiger partial charge in [-0.15, -0.1) is 0 Å². The third-order valence-corrected chi connectivity index (χ3v) is 4.50. The maximum Gasteiger partial charge on any atom is 0.251 e. The Kier molecular flexibility index (Phi) is 5.54. The highest BCUT2D eigenvalue weighted by Crippen LogP contribution is 2.20. The molecule has 140 valence electrons. The normalized spacial score (nSPS) is 10.8. The van der Waals surface area contributed by atoms with Gasteiger partial charge in [0.1, 0.15) is 5.82 Å². The molecule has 2 amide bonds. The van der Waals surface area contributed by atoms with Crippen molar-refractivity contribution in [3.63, 3.8) is 0 Å². The Morgan fingerprint density at radius 1 is 1.07 bits per heavy atom. The predicted molar refractivity (Wildman–Crippen MR) is 103 cm³/mol. The minimum Gasteiger partial charge on any atom is -0.354 e. The quantitative estimate of drug-likeness (QED) is 0.658. The van der Waals surface area contributed by atoms with E-state index in [0.717, 1.165) is 16.5 Å². The van der Waals surface area contributed by atoms with Gasteiger partial charge in [-0.1, -0.05) is 24.3 Å². The Morgan fingerprint density at radius 3 is 2.59 bits per heavy atom. The third kappa shape index (κ3) is 4.34. The first kappa shape index (κ1) is 18.6. The summed E-state index contributed by atoms with van der Waals surface area (Å²) in [4.78, 5) is 24.2. The average molecular weight is 367 g/mol. The molecule has 27 heavy (non-hydrogen) atoms. The van der Waals surface area contributed by atoms with Crippen molar-refractivity contribution in [2.45, 2.75) is 13.3 Å². The Balaban J connectivity index is 1.48.